The van der Waals surface area contributed by atoms with E-state index in [0.29, 0.717) is 5.69 Å². The average molecular weight is 138 g/mol. The topological polar surface area (TPSA) is 55.0 Å². The molecule has 0 aromatic carbocycles. The van der Waals surface area contributed by atoms with Crippen LogP contribution >= 0.6 is 0 Å². The summed E-state index contributed by atoms with van der Waals surface area (Å²) in [6, 6.07) is 0. The van der Waals surface area contributed by atoms with Crippen LogP contribution in [-0.4, -0.2) is 24.1 Å². The van der Waals surface area contributed by atoms with Crippen molar-refractivity contribution in [3.8, 4) is 0 Å². The van der Waals surface area contributed by atoms with E-state index in [1.54, 1.807) is 6.20 Å². The lowest BCUT2D eigenvalue weighted by Crippen LogP contribution is -2.12. The van der Waals surface area contributed by atoms with Crippen molar-refractivity contribution in [2.75, 3.05) is 24.7 Å². The van der Waals surface area contributed by atoms with Gasteiger partial charge in [0.25, 0.3) is 0 Å². The molecule has 0 radical (unpaired) electrons. The summed E-state index contributed by atoms with van der Waals surface area (Å²) in [4.78, 5) is 9.58. The maximum atomic E-state index is 5.55. The molecule has 0 bridgehead atoms. The molecule has 2 N–H and O–H groups in total. The fourth-order valence-electron chi connectivity index (χ4n) is 0.708. The Hall–Kier alpha value is -1.32. The van der Waals surface area contributed by atoms with Gasteiger partial charge in [-0.25, -0.2) is 9.97 Å². The quantitative estimate of drug-likeness (QED) is 0.599. The third-order valence-electron chi connectivity index (χ3n) is 1.14. The lowest BCUT2D eigenvalue weighted by Gasteiger charge is -2.11. The first kappa shape index (κ1) is 6.80. The van der Waals surface area contributed by atoms with Crippen LogP contribution in [0, 0.1) is 0 Å². The number of aromatic nitrogens is 2. The molecule has 0 fully saturated rings. The van der Waals surface area contributed by atoms with Gasteiger partial charge in [-0.2, -0.15) is 0 Å². The molecule has 54 valence electrons. The van der Waals surface area contributed by atoms with Crippen LogP contribution in [0.5, 0.6) is 0 Å². The summed E-state index contributed by atoms with van der Waals surface area (Å²) in [7, 11) is 3.78. The molecule has 1 aromatic heterocycles. The molecule has 0 aliphatic rings. The zero-order chi connectivity index (χ0) is 7.56. The van der Waals surface area contributed by atoms with Gasteiger partial charge in [-0.15, -0.1) is 0 Å². The maximum absolute atomic E-state index is 5.55. The number of nitrogens with two attached hydrogens (primary N) is 1. The Balaban J connectivity index is 3.03. The zero-order valence-electron chi connectivity index (χ0n) is 6.07. The van der Waals surface area contributed by atoms with Crippen LogP contribution in [0.1, 0.15) is 0 Å². The van der Waals surface area contributed by atoms with Gasteiger partial charge in [0.1, 0.15) is 6.33 Å². The Labute approximate surface area is 59.7 Å². The van der Waals surface area contributed by atoms with Crippen molar-refractivity contribution in [1.82, 2.24) is 9.97 Å². The van der Waals surface area contributed by atoms with E-state index in [9.17, 15) is 0 Å². The van der Waals surface area contributed by atoms with Crippen LogP contribution in [0.2, 0.25) is 0 Å². The van der Waals surface area contributed by atoms with Crippen molar-refractivity contribution < 1.29 is 0 Å². The molecule has 0 atom stereocenters. The lowest BCUT2D eigenvalue weighted by atomic mass is 10.5. The number of anilines is 2. The van der Waals surface area contributed by atoms with E-state index >= 15 is 0 Å². The van der Waals surface area contributed by atoms with E-state index in [1.807, 2.05) is 19.0 Å². The second-order valence-electron chi connectivity index (χ2n) is 2.20. The highest BCUT2D eigenvalue weighted by molar-refractivity contribution is 5.59. The average Bonchev–Trinajstić information content (AvgIpc) is 1.88. The number of nitrogen functional groups attached to an aromatic ring is 1. The summed E-state index contributed by atoms with van der Waals surface area (Å²) in [6.45, 7) is 0. The van der Waals surface area contributed by atoms with Gasteiger partial charge in [0.2, 0.25) is 0 Å². The normalized spacial score (nSPS) is 9.40. The fourth-order valence-corrected chi connectivity index (χ4v) is 0.708. The second-order valence-corrected chi connectivity index (χ2v) is 2.20. The SMILES string of the molecule is CN(C)c1ncncc1N. The largest absolute Gasteiger partial charge is 0.394 e. The van der Waals surface area contributed by atoms with Crippen molar-refractivity contribution in [2.45, 2.75) is 0 Å². The van der Waals surface area contributed by atoms with Gasteiger partial charge in [-0.1, -0.05) is 0 Å². The van der Waals surface area contributed by atoms with E-state index < -0.39 is 0 Å². The maximum Gasteiger partial charge on any atom is 0.154 e. The molecule has 1 rings (SSSR count). The highest BCUT2D eigenvalue weighted by Crippen LogP contribution is 2.13. The molecule has 1 aromatic rings. The van der Waals surface area contributed by atoms with E-state index in [4.69, 9.17) is 5.73 Å². The predicted molar refractivity (Wildman–Crippen MR) is 40.8 cm³/mol. The molecule has 0 amide bonds. The van der Waals surface area contributed by atoms with E-state index in [1.165, 1.54) is 6.33 Å². The first-order chi connectivity index (χ1) is 4.72. The third-order valence-corrected chi connectivity index (χ3v) is 1.14. The summed E-state index contributed by atoms with van der Waals surface area (Å²) < 4.78 is 0. The van der Waals surface area contributed by atoms with E-state index in [2.05, 4.69) is 9.97 Å². The molecule has 4 nitrogen and oxygen atoms in total. The molecule has 1 heterocycles. The summed E-state index contributed by atoms with van der Waals surface area (Å²) in [5.41, 5.74) is 6.16. The van der Waals surface area contributed by atoms with Crippen LogP contribution in [0.4, 0.5) is 11.5 Å². The highest BCUT2D eigenvalue weighted by Gasteiger charge is 1.99. The van der Waals surface area contributed by atoms with Crippen LogP contribution in [0.3, 0.4) is 0 Å². The smallest absolute Gasteiger partial charge is 0.154 e. The number of nitrogens with zero attached hydrogens (tertiary/aromatic N) is 3. The molecule has 0 saturated heterocycles. The van der Waals surface area contributed by atoms with Gasteiger partial charge in [-0.05, 0) is 0 Å². The minimum Gasteiger partial charge on any atom is -0.394 e. The van der Waals surface area contributed by atoms with Crippen LogP contribution in [0.25, 0.3) is 0 Å². The molecule has 4 heteroatoms. The Kier molecular flexibility index (Phi) is 1.71. The first-order valence-electron chi connectivity index (χ1n) is 2.94. The van der Waals surface area contributed by atoms with Gasteiger partial charge in [-0.3, -0.25) is 0 Å². The summed E-state index contributed by atoms with van der Waals surface area (Å²) >= 11 is 0. The molecule has 0 unspecified atom stereocenters. The van der Waals surface area contributed by atoms with Gasteiger partial charge in [0.05, 0.1) is 11.9 Å². The van der Waals surface area contributed by atoms with Gasteiger partial charge in [0, 0.05) is 14.1 Å². The van der Waals surface area contributed by atoms with Crippen molar-refractivity contribution in [2.24, 2.45) is 0 Å². The molecule has 0 saturated carbocycles. The Morgan fingerprint density at radius 2 is 2.20 bits per heavy atom. The molecule has 0 aliphatic heterocycles. The fraction of sp³-hybridized carbons (Fsp3) is 0.333. The molecular weight excluding hydrogens is 128 g/mol. The van der Waals surface area contributed by atoms with Crippen LogP contribution < -0.4 is 10.6 Å². The lowest BCUT2D eigenvalue weighted by molar-refractivity contribution is 1.04. The summed E-state index contributed by atoms with van der Waals surface area (Å²) in [5.74, 6) is 0.759. The Morgan fingerprint density at radius 3 is 2.60 bits per heavy atom. The first-order valence-corrected chi connectivity index (χ1v) is 2.94. The highest BCUT2D eigenvalue weighted by atomic mass is 15.2. The molecular formula is C6H10N4. The van der Waals surface area contributed by atoms with Gasteiger partial charge < -0.3 is 10.6 Å². The van der Waals surface area contributed by atoms with Gasteiger partial charge in [0.15, 0.2) is 5.82 Å². The second kappa shape index (κ2) is 2.51. The minimum atomic E-state index is 0.604. The van der Waals surface area contributed by atoms with Crippen molar-refractivity contribution in [1.29, 1.82) is 0 Å². The monoisotopic (exact) mass is 138 g/mol. The standard InChI is InChI=1S/C6H10N4/c1-10(2)6-5(7)3-8-4-9-6/h3-4H,7H2,1-2H3. The predicted octanol–water partition coefficient (Wildman–Crippen LogP) is 0.125. The molecule has 10 heavy (non-hydrogen) atoms. The van der Waals surface area contributed by atoms with Crippen molar-refractivity contribution >= 4 is 11.5 Å². The molecule has 0 spiro atoms. The Morgan fingerprint density at radius 1 is 1.50 bits per heavy atom. The number of hydrogen-bond donors (Lipinski definition) is 1. The van der Waals surface area contributed by atoms with Crippen LogP contribution in [0.15, 0.2) is 12.5 Å². The molecule has 0 aliphatic carbocycles. The van der Waals surface area contributed by atoms with E-state index in [-0.39, 0.29) is 0 Å². The third kappa shape index (κ3) is 1.15. The minimum absolute atomic E-state index is 0.604. The van der Waals surface area contributed by atoms with Gasteiger partial charge >= 0.3 is 0 Å². The van der Waals surface area contributed by atoms with Crippen molar-refractivity contribution in [3.05, 3.63) is 12.5 Å². The Bertz CT molecular complexity index is 221. The van der Waals surface area contributed by atoms with Crippen LogP contribution in [-0.2, 0) is 0 Å². The number of hydrogen-bond acceptors (Lipinski definition) is 4. The van der Waals surface area contributed by atoms with Crippen molar-refractivity contribution in [3.63, 3.8) is 0 Å². The van der Waals surface area contributed by atoms with E-state index in [0.717, 1.165) is 5.82 Å². The summed E-state index contributed by atoms with van der Waals surface area (Å²) in [5, 5.41) is 0. The number of rotatable bonds is 1. The zero-order valence-corrected chi connectivity index (χ0v) is 6.07. The summed E-state index contributed by atoms with van der Waals surface area (Å²) in [6.07, 6.45) is 3.06.